The van der Waals surface area contributed by atoms with Crippen LogP contribution >= 0.6 is 46.4 Å². The fraction of sp³-hybridized carbons (Fsp3) is 0.0769. The van der Waals surface area contributed by atoms with Crippen molar-refractivity contribution in [3.05, 3.63) is 44.5 Å². The Labute approximate surface area is 149 Å². The molecule has 0 spiro atoms. The number of hydrogen-bond acceptors (Lipinski definition) is 4. The summed E-state index contributed by atoms with van der Waals surface area (Å²) in [5, 5.41) is 2.37. The lowest BCUT2D eigenvalue weighted by molar-refractivity contribution is -0.128. The summed E-state index contributed by atoms with van der Waals surface area (Å²) in [6.07, 6.45) is 3.64. The molecule has 1 aliphatic rings. The maximum absolute atomic E-state index is 13.6. The highest BCUT2D eigenvalue weighted by molar-refractivity contribution is 14.1. The number of halogens is 3. The first-order valence-electron chi connectivity index (χ1n) is 5.86. The van der Waals surface area contributed by atoms with Gasteiger partial charge < -0.3 is 0 Å². The molecule has 1 saturated heterocycles. The van der Waals surface area contributed by atoms with E-state index < -0.39 is 17.6 Å². The molecule has 5 nitrogen and oxygen atoms in total. The molecule has 2 rings (SSSR count). The van der Waals surface area contributed by atoms with Crippen molar-refractivity contribution in [1.82, 2.24) is 15.2 Å². The molecule has 1 aromatic rings. The summed E-state index contributed by atoms with van der Waals surface area (Å²) in [5.41, 5.74) is -0.0465. The molecule has 22 heavy (non-hydrogen) atoms. The number of nitrogens with zero attached hydrogens (tertiary/aromatic N) is 2. The van der Waals surface area contributed by atoms with Gasteiger partial charge in [0.1, 0.15) is 10.7 Å². The van der Waals surface area contributed by atoms with Crippen molar-refractivity contribution < 1.29 is 14.0 Å². The fourth-order valence-corrected chi connectivity index (χ4v) is 2.87. The Morgan fingerprint density at radius 1 is 1.55 bits per heavy atom. The predicted molar refractivity (Wildman–Crippen MR) is 92.5 cm³/mol. The van der Waals surface area contributed by atoms with E-state index in [1.807, 2.05) is 0 Å². The zero-order valence-electron chi connectivity index (χ0n) is 10.9. The van der Waals surface area contributed by atoms with Crippen molar-refractivity contribution >= 4 is 69.4 Å². The monoisotopic (exact) mass is 451 g/mol. The van der Waals surface area contributed by atoms with Gasteiger partial charge in [-0.1, -0.05) is 17.7 Å². The Balaban J connectivity index is 2.53. The van der Waals surface area contributed by atoms with E-state index in [4.69, 9.17) is 23.8 Å². The Morgan fingerprint density at radius 3 is 2.86 bits per heavy atom. The quantitative estimate of drug-likeness (QED) is 0.191. The van der Waals surface area contributed by atoms with Gasteiger partial charge in [0.25, 0.3) is 11.8 Å². The van der Waals surface area contributed by atoms with Gasteiger partial charge in [-0.05, 0) is 40.9 Å². The molecule has 1 aromatic heterocycles. The van der Waals surface area contributed by atoms with Gasteiger partial charge >= 0.3 is 0 Å². The highest BCUT2D eigenvalue weighted by Gasteiger charge is 2.33. The summed E-state index contributed by atoms with van der Waals surface area (Å²) in [6.45, 7) is 3.66. The van der Waals surface area contributed by atoms with E-state index in [2.05, 4.69) is 16.9 Å². The van der Waals surface area contributed by atoms with Gasteiger partial charge in [-0.15, -0.1) is 6.58 Å². The van der Waals surface area contributed by atoms with Crippen LogP contribution in [-0.4, -0.2) is 33.4 Å². The summed E-state index contributed by atoms with van der Waals surface area (Å²) in [6, 6.07) is 0. The van der Waals surface area contributed by atoms with Crippen LogP contribution in [0, 0.1) is 9.39 Å². The maximum Gasteiger partial charge on any atom is 0.265 e. The Bertz CT molecular complexity index is 738. The first kappa shape index (κ1) is 17.0. The largest absolute Gasteiger partial charge is 0.298 e. The summed E-state index contributed by atoms with van der Waals surface area (Å²) in [5.74, 6) is -1.88. The van der Waals surface area contributed by atoms with E-state index in [1.165, 1.54) is 17.1 Å². The van der Waals surface area contributed by atoms with E-state index in [0.717, 1.165) is 6.20 Å². The Hall–Kier alpha value is -1.39. The number of aromatic nitrogens is 1. The van der Waals surface area contributed by atoms with Gasteiger partial charge in [0, 0.05) is 12.1 Å². The zero-order valence-corrected chi connectivity index (χ0v) is 14.6. The molecule has 1 aliphatic heterocycles. The van der Waals surface area contributed by atoms with Gasteiger partial charge in [0.05, 0.1) is 9.77 Å². The summed E-state index contributed by atoms with van der Waals surface area (Å²) >= 11 is 12.6. The molecule has 1 N–H and O–H groups in total. The molecule has 0 saturated carbocycles. The molecule has 2 amide bonds. The molecule has 1 fully saturated rings. The summed E-state index contributed by atoms with van der Waals surface area (Å²) in [4.78, 5) is 29.2. The highest BCUT2D eigenvalue weighted by atomic mass is 127. The number of amides is 2. The first-order valence-corrected chi connectivity index (χ1v) is 7.72. The summed E-state index contributed by atoms with van der Waals surface area (Å²) < 4.78 is 13.7. The number of carbonyl (C=O) groups is 2. The van der Waals surface area contributed by atoms with Crippen LogP contribution in [0.3, 0.4) is 0 Å². The molecule has 9 heteroatoms. The van der Waals surface area contributed by atoms with Crippen LogP contribution in [0.25, 0.3) is 6.08 Å². The van der Waals surface area contributed by atoms with E-state index >= 15 is 0 Å². The van der Waals surface area contributed by atoms with Crippen LogP contribution < -0.4 is 5.32 Å². The van der Waals surface area contributed by atoms with Crippen LogP contribution in [-0.2, 0) is 9.59 Å². The van der Waals surface area contributed by atoms with Crippen molar-refractivity contribution in [3.63, 3.8) is 0 Å². The maximum atomic E-state index is 13.6. The SMILES string of the molecule is C=CCN1C(=O)/C(=C/c2c(Cl)ncc(F)c2I)C(=O)NC1=S. The van der Waals surface area contributed by atoms with Gasteiger partial charge in [-0.3, -0.25) is 19.8 Å². The first-order chi connectivity index (χ1) is 10.4. The lowest BCUT2D eigenvalue weighted by Crippen LogP contribution is -2.53. The third-order valence-electron chi connectivity index (χ3n) is 2.75. The van der Waals surface area contributed by atoms with E-state index in [-0.39, 0.29) is 31.5 Å². The number of nitrogens with one attached hydrogen (secondary N) is 1. The minimum Gasteiger partial charge on any atom is -0.298 e. The van der Waals surface area contributed by atoms with Gasteiger partial charge in [0.15, 0.2) is 10.9 Å². The topological polar surface area (TPSA) is 62.3 Å². The normalized spacial score (nSPS) is 17.0. The highest BCUT2D eigenvalue weighted by Crippen LogP contribution is 2.26. The van der Waals surface area contributed by atoms with E-state index in [0.29, 0.717) is 0 Å². The molecule has 0 aromatic carbocycles. The smallest absolute Gasteiger partial charge is 0.265 e. The van der Waals surface area contributed by atoms with E-state index in [1.54, 1.807) is 22.6 Å². The second-order valence-corrected chi connectivity index (χ2v) is 5.97. The Kier molecular flexibility index (Phi) is 5.24. The van der Waals surface area contributed by atoms with Gasteiger partial charge in [-0.2, -0.15) is 0 Å². The lowest BCUT2D eigenvalue weighted by atomic mass is 10.1. The van der Waals surface area contributed by atoms with Crippen LogP contribution in [0.5, 0.6) is 0 Å². The minimum atomic E-state index is -0.675. The third kappa shape index (κ3) is 3.18. The molecule has 0 radical (unpaired) electrons. The Morgan fingerprint density at radius 2 is 2.23 bits per heavy atom. The molecule has 114 valence electrons. The second-order valence-electron chi connectivity index (χ2n) is 4.15. The zero-order chi connectivity index (χ0) is 16.4. The second kappa shape index (κ2) is 6.80. The average Bonchev–Trinajstić information content (AvgIpc) is 2.46. The van der Waals surface area contributed by atoms with Crippen LogP contribution in [0.2, 0.25) is 5.15 Å². The van der Waals surface area contributed by atoms with Crippen LogP contribution in [0.1, 0.15) is 5.56 Å². The third-order valence-corrected chi connectivity index (χ3v) is 4.47. The number of pyridine rings is 1. The van der Waals surface area contributed by atoms with Crippen molar-refractivity contribution in [2.75, 3.05) is 6.54 Å². The lowest BCUT2D eigenvalue weighted by Gasteiger charge is -2.27. The molecule has 0 atom stereocenters. The van der Waals surface area contributed by atoms with Gasteiger partial charge in [-0.25, -0.2) is 9.37 Å². The average molecular weight is 452 g/mol. The molecular weight excluding hydrogens is 444 g/mol. The molecule has 0 aliphatic carbocycles. The van der Waals surface area contributed by atoms with Gasteiger partial charge in [0.2, 0.25) is 0 Å². The molecule has 2 heterocycles. The standard InChI is InChI=1S/C13H8ClFIN3O2S/c1-2-3-19-12(21)7(11(20)18-13(19)22)4-6-9(16)8(15)5-17-10(6)14/h2,4-5H,1,3H2,(H,18,20,22)/b7-4+. The van der Waals surface area contributed by atoms with Crippen LogP contribution in [0.15, 0.2) is 24.4 Å². The van der Waals surface area contributed by atoms with Crippen molar-refractivity contribution in [1.29, 1.82) is 0 Å². The minimum absolute atomic E-state index is 0.00906. The summed E-state index contributed by atoms with van der Waals surface area (Å²) in [7, 11) is 0. The number of hydrogen-bond donors (Lipinski definition) is 1. The van der Waals surface area contributed by atoms with Crippen molar-refractivity contribution in [2.45, 2.75) is 0 Å². The van der Waals surface area contributed by atoms with E-state index in [9.17, 15) is 14.0 Å². The molecule has 0 unspecified atom stereocenters. The fourth-order valence-electron chi connectivity index (χ4n) is 1.71. The van der Waals surface area contributed by atoms with Crippen molar-refractivity contribution in [2.24, 2.45) is 0 Å². The molecular formula is C13H8ClFIN3O2S. The van der Waals surface area contributed by atoms with Crippen molar-refractivity contribution in [3.8, 4) is 0 Å². The van der Waals surface area contributed by atoms with Crippen LogP contribution in [0.4, 0.5) is 4.39 Å². The molecule has 0 bridgehead atoms. The predicted octanol–water partition coefficient (Wildman–Crippen LogP) is 2.29. The number of carbonyl (C=O) groups excluding carboxylic acids is 2. The number of thiocarbonyl (C=S) groups is 1. The number of rotatable bonds is 3.